The van der Waals surface area contributed by atoms with Crippen molar-refractivity contribution in [3.63, 3.8) is 0 Å². The second-order valence-electron chi connectivity index (χ2n) is 8.65. The summed E-state index contributed by atoms with van der Waals surface area (Å²) < 4.78 is 55.6. The van der Waals surface area contributed by atoms with E-state index >= 15 is 0 Å². The van der Waals surface area contributed by atoms with Gasteiger partial charge in [0.1, 0.15) is 6.04 Å². The lowest BCUT2D eigenvalue weighted by atomic mass is 9.98. The maximum atomic E-state index is 13.6. The van der Waals surface area contributed by atoms with Gasteiger partial charge >= 0.3 is 5.97 Å². The highest BCUT2D eigenvalue weighted by atomic mass is 16.4. The van der Waals surface area contributed by atoms with Gasteiger partial charge in [0, 0.05) is 27.3 Å². The summed E-state index contributed by atoms with van der Waals surface area (Å²) in [6.07, 6.45) is 1.47. The number of aliphatic imine (C=N–C) groups is 1. The number of likely N-dealkylation sites (tertiary alicyclic amines) is 1. The Kier molecular flexibility index (Phi) is 5.77. The van der Waals surface area contributed by atoms with Gasteiger partial charge in [0.2, 0.25) is 5.91 Å². The second-order valence-corrected chi connectivity index (χ2v) is 8.65. The fourth-order valence-corrected chi connectivity index (χ4v) is 4.41. The number of carboxylic acid groups (broad SMARTS) is 1. The lowest BCUT2D eigenvalue weighted by molar-refractivity contribution is -0.139. The number of carboxylic acids is 1. The Morgan fingerprint density at radius 1 is 1.06 bits per heavy atom. The molecule has 0 bridgehead atoms. The molecule has 0 unspecified atom stereocenters. The zero-order valence-electron chi connectivity index (χ0n) is 26.7. The van der Waals surface area contributed by atoms with E-state index in [1.807, 2.05) is 30.3 Å². The molecule has 0 spiro atoms. The molecule has 6 nitrogen and oxygen atoms in total. The number of hydrogen-bond acceptors (Lipinski definition) is 4. The Hall–Kier alpha value is -3.77. The Bertz CT molecular complexity index is 1450. The van der Waals surface area contributed by atoms with Crippen LogP contribution in [0.1, 0.15) is 52.8 Å². The quantitative estimate of drug-likeness (QED) is 0.402. The van der Waals surface area contributed by atoms with Crippen LogP contribution < -0.4 is 5.32 Å². The van der Waals surface area contributed by atoms with Crippen molar-refractivity contribution in [2.24, 2.45) is 10.9 Å². The smallest absolute Gasteiger partial charge is 0.328 e. The van der Waals surface area contributed by atoms with E-state index in [0.29, 0.717) is 18.5 Å². The zero-order chi connectivity index (χ0) is 31.4. The van der Waals surface area contributed by atoms with Crippen molar-refractivity contribution in [1.82, 2.24) is 4.90 Å². The number of benzene rings is 3. The van der Waals surface area contributed by atoms with Crippen LogP contribution in [0.25, 0.3) is 0 Å². The highest BCUT2D eigenvalue weighted by Gasteiger charge is 2.31. The maximum Gasteiger partial charge on any atom is 0.328 e. The van der Waals surface area contributed by atoms with Crippen LogP contribution in [-0.4, -0.2) is 46.2 Å². The molecule has 0 radical (unpaired) electrons. The highest BCUT2D eigenvalue weighted by molar-refractivity contribution is 6.17. The predicted molar refractivity (Wildman–Crippen MR) is 143 cm³/mol. The summed E-state index contributed by atoms with van der Waals surface area (Å²) in [5.41, 5.74) is 1.88. The summed E-state index contributed by atoms with van der Waals surface area (Å²) in [6, 6.07) is 21.6. The van der Waals surface area contributed by atoms with E-state index in [-0.39, 0.29) is 22.9 Å². The summed E-state index contributed by atoms with van der Waals surface area (Å²) in [5, 5.41) is 13.0. The van der Waals surface area contributed by atoms with E-state index in [4.69, 9.17) is 9.60 Å². The van der Waals surface area contributed by atoms with E-state index in [0.717, 1.165) is 18.5 Å². The van der Waals surface area contributed by atoms with Crippen LogP contribution in [0.2, 0.25) is 0 Å². The normalized spacial score (nSPS) is 21.1. The first-order chi connectivity index (χ1) is 20.2. The van der Waals surface area contributed by atoms with Crippen LogP contribution >= 0.6 is 0 Å². The Morgan fingerprint density at radius 3 is 2.42 bits per heavy atom. The number of anilines is 1. The largest absolute Gasteiger partial charge is 0.480 e. The van der Waals surface area contributed by atoms with E-state index in [1.165, 1.54) is 0 Å². The van der Waals surface area contributed by atoms with Crippen molar-refractivity contribution in [1.29, 1.82) is 0 Å². The molecule has 1 amide bonds. The average Bonchev–Trinajstić information content (AvgIpc) is 3.41. The number of para-hydroxylation sites is 1. The van der Waals surface area contributed by atoms with Gasteiger partial charge in [-0.2, -0.15) is 0 Å². The minimum atomic E-state index is -3.52. The number of carbonyl (C=O) groups excluding carboxylic acids is 1. The molecule has 6 heteroatoms. The summed E-state index contributed by atoms with van der Waals surface area (Å²) in [5.74, 6) is -5.62. The average molecular weight is 491 g/mol. The van der Waals surface area contributed by atoms with Crippen LogP contribution in [-0.2, 0) is 16.1 Å². The first-order valence-electron chi connectivity index (χ1n) is 15.3. The molecular weight excluding hydrogens is 450 g/mol. The first-order valence-corrected chi connectivity index (χ1v) is 11.8. The number of nitrogens with zero attached hydrogens (tertiary/aromatic N) is 2. The molecule has 3 aromatic carbocycles. The SMILES string of the molecule is [2H]C([2H])([2H])C([2H])([C@@H](N=C(c1ccccc1)c1ccccc1NC(=O)[C@@H]1CCCN1Cc1ccccc1)C(=O)O)C([2H])([2H])[2H]. The Morgan fingerprint density at radius 2 is 1.72 bits per heavy atom. The van der Waals surface area contributed by atoms with Gasteiger partial charge < -0.3 is 10.4 Å². The molecular formula is C30H33N3O3. The van der Waals surface area contributed by atoms with E-state index in [9.17, 15) is 14.7 Å². The highest BCUT2D eigenvalue weighted by Crippen LogP contribution is 2.25. The zero-order valence-corrected chi connectivity index (χ0v) is 19.7. The van der Waals surface area contributed by atoms with Crippen LogP contribution in [0, 0.1) is 5.89 Å². The van der Waals surface area contributed by atoms with E-state index in [2.05, 4.69) is 15.2 Å². The molecule has 1 aliphatic rings. The van der Waals surface area contributed by atoms with Gasteiger partial charge in [0.05, 0.1) is 17.4 Å². The molecule has 0 aliphatic carbocycles. The van der Waals surface area contributed by atoms with Crippen LogP contribution in [0.3, 0.4) is 0 Å². The number of aliphatic carboxylic acids is 1. The van der Waals surface area contributed by atoms with Gasteiger partial charge in [0.15, 0.2) is 0 Å². The minimum absolute atomic E-state index is 0.0680. The summed E-state index contributed by atoms with van der Waals surface area (Å²) in [7, 11) is 0. The first kappa shape index (κ1) is 17.6. The molecule has 186 valence electrons. The van der Waals surface area contributed by atoms with E-state index in [1.54, 1.807) is 54.6 Å². The van der Waals surface area contributed by atoms with Crippen molar-refractivity contribution in [3.05, 3.63) is 102 Å². The van der Waals surface area contributed by atoms with Gasteiger partial charge in [-0.25, -0.2) is 4.79 Å². The molecule has 0 aromatic heterocycles. The number of carbonyl (C=O) groups is 2. The van der Waals surface area contributed by atoms with Crippen molar-refractivity contribution >= 4 is 23.3 Å². The Labute approximate surface area is 222 Å². The second kappa shape index (κ2) is 11.8. The Balaban J connectivity index is 1.77. The molecule has 2 N–H and O–H groups in total. The maximum absolute atomic E-state index is 13.6. The molecule has 1 heterocycles. The summed E-state index contributed by atoms with van der Waals surface area (Å²) in [4.78, 5) is 32.4. The third kappa shape index (κ3) is 6.07. The summed E-state index contributed by atoms with van der Waals surface area (Å²) >= 11 is 0. The van der Waals surface area contributed by atoms with Crippen molar-refractivity contribution < 1.29 is 24.3 Å². The predicted octanol–water partition coefficient (Wildman–Crippen LogP) is 5.24. The standard InChI is InChI=1S/C30H33N3O3/c1-21(2)27(30(35)36)32-28(23-14-7-4-8-15-23)24-16-9-10-17-25(24)31-29(34)26-18-11-19-33(26)20-22-12-5-3-6-13-22/h3-10,12-17,21,26-27H,11,18-20H2,1-2H3,(H,31,34)(H,35,36)/t26-,27+/m0/s1/i1D3,2D3,21D. The van der Waals surface area contributed by atoms with Crippen molar-refractivity contribution in [2.75, 3.05) is 11.9 Å². The van der Waals surface area contributed by atoms with Crippen molar-refractivity contribution in [3.8, 4) is 0 Å². The van der Waals surface area contributed by atoms with Crippen LogP contribution in [0.4, 0.5) is 5.69 Å². The van der Waals surface area contributed by atoms with Crippen LogP contribution in [0.15, 0.2) is 89.9 Å². The third-order valence-corrected chi connectivity index (χ3v) is 6.15. The molecule has 1 saturated heterocycles. The van der Waals surface area contributed by atoms with E-state index < -0.39 is 37.7 Å². The molecule has 1 aliphatic heterocycles. The molecule has 2 atom stereocenters. The lowest BCUT2D eigenvalue weighted by Crippen LogP contribution is -2.39. The van der Waals surface area contributed by atoms with Crippen LogP contribution in [0.5, 0.6) is 0 Å². The fraction of sp³-hybridized carbons (Fsp3) is 0.300. The van der Waals surface area contributed by atoms with Gasteiger partial charge in [-0.1, -0.05) is 92.6 Å². The third-order valence-electron chi connectivity index (χ3n) is 6.15. The number of hydrogen-bond donors (Lipinski definition) is 2. The van der Waals surface area contributed by atoms with Gasteiger partial charge in [-0.05, 0) is 36.9 Å². The van der Waals surface area contributed by atoms with Crippen molar-refractivity contribution in [2.45, 2.75) is 45.2 Å². The molecule has 1 fully saturated rings. The van der Waals surface area contributed by atoms with Gasteiger partial charge in [-0.3, -0.25) is 14.7 Å². The van der Waals surface area contributed by atoms with Gasteiger partial charge in [0.25, 0.3) is 0 Å². The van der Waals surface area contributed by atoms with Gasteiger partial charge in [-0.15, -0.1) is 0 Å². The molecule has 36 heavy (non-hydrogen) atoms. The monoisotopic (exact) mass is 490 g/mol. The summed E-state index contributed by atoms with van der Waals surface area (Å²) in [6.45, 7) is -5.72. The minimum Gasteiger partial charge on any atom is -0.480 e. The molecule has 0 saturated carbocycles. The topological polar surface area (TPSA) is 82.0 Å². The lowest BCUT2D eigenvalue weighted by Gasteiger charge is -2.24. The number of amides is 1. The number of rotatable bonds is 9. The molecule has 3 aromatic rings. The fourth-order valence-electron chi connectivity index (χ4n) is 4.41. The molecule has 4 rings (SSSR count). The number of nitrogens with one attached hydrogen (secondary N) is 1.